The molecule has 0 fully saturated rings. The molecule has 1 N–H and O–H groups in total. The molecule has 2 aliphatic rings. The molecule has 1 aliphatic carbocycles. The Kier molecular flexibility index (Phi) is 6.09. The molecule has 1 unspecified atom stereocenters. The number of aromatic hydroxyl groups is 1. The van der Waals surface area contributed by atoms with E-state index in [9.17, 15) is 5.11 Å². The summed E-state index contributed by atoms with van der Waals surface area (Å²) in [6.07, 6.45) is 6.96. The monoisotopic (exact) mass is 411 g/mol. The van der Waals surface area contributed by atoms with Crippen molar-refractivity contribution in [1.29, 1.82) is 0 Å². The lowest BCUT2D eigenvalue weighted by atomic mass is 9.76. The number of phenolic OH excluding ortho intramolecular Hbond substituents is 1. The topological polar surface area (TPSA) is 51.2 Å². The molecule has 0 bridgehead atoms. The second-order valence-corrected chi connectivity index (χ2v) is 8.28. The van der Waals surface area contributed by atoms with Crippen LogP contribution < -0.4 is 14.2 Å². The molecule has 2 aromatic carbocycles. The van der Waals surface area contributed by atoms with Gasteiger partial charge in [0.2, 0.25) is 0 Å². The molecule has 0 radical (unpaired) electrons. The van der Waals surface area contributed by atoms with Gasteiger partial charge in [-0.05, 0) is 54.6 Å². The van der Waals surface area contributed by atoms with E-state index < -0.39 is 0 Å². The van der Waals surface area contributed by atoms with Crippen LogP contribution in [0.1, 0.15) is 55.3 Å². The van der Waals surface area contributed by atoms with Crippen LogP contribution in [0.3, 0.4) is 0 Å². The highest BCUT2D eigenvalue weighted by Crippen LogP contribution is 2.56. The van der Waals surface area contributed by atoms with Crippen LogP contribution in [0.15, 0.2) is 18.2 Å². The van der Waals surface area contributed by atoms with E-state index in [0.717, 1.165) is 48.6 Å². The van der Waals surface area contributed by atoms with Gasteiger partial charge in [-0.1, -0.05) is 32.3 Å². The van der Waals surface area contributed by atoms with Gasteiger partial charge in [0.05, 0.1) is 21.3 Å². The number of nitrogens with zero attached hydrogens (tertiary/aromatic N) is 1. The zero-order valence-electron chi connectivity index (χ0n) is 18.6. The Morgan fingerprint density at radius 2 is 1.77 bits per heavy atom. The fourth-order valence-electron chi connectivity index (χ4n) is 5.21. The zero-order chi connectivity index (χ0) is 21.3. The van der Waals surface area contributed by atoms with Crippen molar-refractivity contribution in [3.63, 3.8) is 0 Å². The van der Waals surface area contributed by atoms with Crippen LogP contribution >= 0.6 is 0 Å². The summed E-state index contributed by atoms with van der Waals surface area (Å²) in [6, 6.07) is 6.22. The van der Waals surface area contributed by atoms with Gasteiger partial charge in [-0.3, -0.25) is 4.90 Å². The molecule has 4 rings (SSSR count). The second kappa shape index (κ2) is 8.76. The van der Waals surface area contributed by atoms with Gasteiger partial charge in [-0.2, -0.15) is 0 Å². The standard InChI is InChI=1S/C25H33NO4/c1-5-6-7-8-12-26-13-11-17-15-20(28-2)25(30-4)23-21(17)18(26)14-16-9-10-19(27)24(29-3)22(16)23/h9-10,15,18,27H,5-8,11-14H2,1-4H3. The lowest BCUT2D eigenvalue weighted by Gasteiger charge is -2.42. The van der Waals surface area contributed by atoms with E-state index in [2.05, 4.69) is 17.9 Å². The van der Waals surface area contributed by atoms with Crippen LogP contribution in [-0.2, 0) is 12.8 Å². The summed E-state index contributed by atoms with van der Waals surface area (Å²) in [5.74, 6) is 2.12. The van der Waals surface area contributed by atoms with Gasteiger partial charge in [-0.25, -0.2) is 0 Å². The third kappa shape index (κ3) is 3.39. The number of ether oxygens (including phenoxy) is 3. The molecule has 0 saturated carbocycles. The molecule has 30 heavy (non-hydrogen) atoms. The Bertz CT molecular complexity index is 924. The van der Waals surface area contributed by atoms with E-state index in [1.807, 2.05) is 6.07 Å². The number of phenols is 1. The van der Waals surface area contributed by atoms with Crippen LogP contribution in [0.5, 0.6) is 23.0 Å². The molecule has 1 heterocycles. The minimum Gasteiger partial charge on any atom is -0.504 e. The summed E-state index contributed by atoms with van der Waals surface area (Å²) in [4.78, 5) is 2.63. The fraction of sp³-hybridized carbons (Fsp3) is 0.520. The van der Waals surface area contributed by atoms with E-state index >= 15 is 0 Å². The number of methoxy groups -OCH3 is 3. The molecule has 1 aliphatic heterocycles. The first-order valence-corrected chi connectivity index (χ1v) is 11.1. The number of unbranched alkanes of at least 4 members (excludes halogenated alkanes) is 3. The Morgan fingerprint density at radius 1 is 0.967 bits per heavy atom. The molecule has 2 aromatic rings. The van der Waals surface area contributed by atoms with Crippen LogP contribution in [0.25, 0.3) is 11.1 Å². The summed E-state index contributed by atoms with van der Waals surface area (Å²) in [7, 11) is 4.98. The van der Waals surface area contributed by atoms with Gasteiger partial charge < -0.3 is 19.3 Å². The first-order chi connectivity index (χ1) is 14.6. The summed E-state index contributed by atoms with van der Waals surface area (Å²) >= 11 is 0. The maximum Gasteiger partial charge on any atom is 0.169 e. The van der Waals surface area contributed by atoms with Crippen molar-refractivity contribution in [2.75, 3.05) is 34.4 Å². The lowest BCUT2D eigenvalue weighted by Crippen LogP contribution is -2.39. The van der Waals surface area contributed by atoms with E-state index in [1.165, 1.54) is 42.4 Å². The number of benzene rings is 2. The summed E-state index contributed by atoms with van der Waals surface area (Å²) in [5.41, 5.74) is 5.76. The van der Waals surface area contributed by atoms with E-state index in [0.29, 0.717) is 11.8 Å². The van der Waals surface area contributed by atoms with Gasteiger partial charge in [0.25, 0.3) is 0 Å². The molecule has 162 valence electrons. The predicted molar refractivity (Wildman–Crippen MR) is 119 cm³/mol. The SMILES string of the molecule is CCCCCCN1CCc2cc(OC)c(OC)c3c2C1Cc1ccc(O)c(OC)c1-3. The maximum atomic E-state index is 10.5. The quantitative estimate of drug-likeness (QED) is 0.611. The molecule has 0 amide bonds. The van der Waals surface area contributed by atoms with Gasteiger partial charge in [-0.15, -0.1) is 0 Å². The molecular formula is C25H33NO4. The van der Waals surface area contributed by atoms with Gasteiger partial charge in [0.15, 0.2) is 23.0 Å². The molecule has 5 nitrogen and oxygen atoms in total. The second-order valence-electron chi connectivity index (χ2n) is 8.28. The number of hydrogen-bond donors (Lipinski definition) is 1. The van der Waals surface area contributed by atoms with Gasteiger partial charge >= 0.3 is 0 Å². The average molecular weight is 412 g/mol. The highest BCUT2D eigenvalue weighted by molar-refractivity contribution is 5.88. The van der Waals surface area contributed by atoms with Crippen molar-refractivity contribution in [1.82, 2.24) is 4.90 Å². The summed E-state index contributed by atoms with van der Waals surface area (Å²) in [5, 5.41) is 10.5. The number of fused-ring (bicyclic) bond motifs is 2. The summed E-state index contributed by atoms with van der Waals surface area (Å²) < 4.78 is 17.2. The van der Waals surface area contributed by atoms with Crippen molar-refractivity contribution >= 4 is 0 Å². The smallest absolute Gasteiger partial charge is 0.169 e. The van der Waals surface area contributed by atoms with Gasteiger partial charge in [0, 0.05) is 23.7 Å². The van der Waals surface area contributed by atoms with Crippen LogP contribution in [-0.4, -0.2) is 44.4 Å². The molecular weight excluding hydrogens is 378 g/mol. The zero-order valence-corrected chi connectivity index (χ0v) is 18.6. The van der Waals surface area contributed by atoms with Crippen molar-refractivity contribution in [3.8, 4) is 34.1 Å². The van der Waals surface area contributed by atoms with Crippen molar-refractivity contribution in [2.24, 2.45) is 0 Å². The average Bonchev–Trinajstić information content (AvgIpc) is 2.77. The number of rotatable bonds is 8. The predicted octanol–water partition coefficient (Wildman–Crippen LogP) is 5.12. The highest BCUT2D eigenvalue weighted by atomic mass is 16.5. The summed E-state index contributed by atoms with van der Waals surface area (Å²) in [6.45, 7) is 4.43. The molecule has 5 heteroatoms. The van der Waals surface area contributed by atoms with Crippen molar-refractivity contribution in [2.45, 2.75) is 51.5 Å². The van der Waals surface area contributed by atoms with Crippen LogP contribution in [0, 0.1) is 0 Å². The van der Waals surface area contributed by atoms with E-state index in [4.69, 9.17) is 14.2 Å². The third-order valence-electron chi connectivity index (χ3n) is 6.63. The first kappa shape index (κ1) is 20.9. The minimum atomic E-state index is 0.153. The number of hydrogen-bond acceptors (Lipinski definition) is 5. The lowest BCUT2D eigenvalue weighted by molar-refractivity contribution is 0.177. The molecule has 1 atom stereocenters. The Hall–Kier alpha value is -2.40. The minimum absolute atomic E-state index is 0.153. The third-order valence-corrected chi connectivity index (χ3v) is 6.63. The maximum absolute atomic E-state index is 10.5. The first-order valence-electron chi connectivity index (χ1n) is 11.1. The van der Waals surface area contributed by atoms with Crippen molar-refractivity contribution in [3.05, 3.63) is 34.9 Å². The molecule has 0 saturated heterocycles. The largest absolute Gasteiger partial charge is 0.504 e. The fourth-order valence-corrected chi connectivity index (χ4v) is 5.21. The van der Waals surface area contributed by atoms with Gasteiger partial charge in [0.1, 0.15) is 0 Å². The van der Waals surface area contributed by atoms with Crippen molar-refractivity contribution < 1.29 is 19.3 Å². The van der Waals surface area contributed by atoms with Crippen LogP contribution in [0.4, 0.5) is 0 Å². The normalized spacial score (nSPS) is 17.3. The highest BCUT2D eigenvalue weighted by Gasteiger charge is 2.39. The Balaban J connectivity index is 1.88. The van der Waals surface area contributed by atoms with E-state index in [-0.39, 0.29) is 5.75 Å². The van der Waals surface area contributed by atoms with E-state index in [1.54, 1.807) is 27.4 Å². The molecule has 0 spiro atoms. The Morgan fingerprint density at radius 3 is 2.47 bits per heavy atom. The Labute approximate surface area is 179 Å². The van der Waals surface area contributed by atoms with Crippen LogP contribution in [0.2, 0.25) is 0 Å². The molecule has 0 aromatic heterocycles.